The number of nitrogens with zero attached hydrogens (tertiary/aromatic N) is 1. The van der Waals surface area contributed by atoms with Crippen molar-refractivity contribution < 1.29 is 24.1 Å². The molecule has 0 bridgehead atoms. The molecule has 0 aromatic heterocycles. The molecule has 0 aliphatic carbocycles. The number of methoxy groups -OCH3 is 1. The third kappa shape index (κ3) is 4.62. The summed E-state index contributed by atoms with van der Waals surface area (Å²) in [5.74, 6) is -1.59. The molecule has 6 heteroatoms. The topological polar surface area (TPSA) is 65.1 Å². The van der Waals surface area contributed by atoms with E-state index in [1.807, 2.05) is 20.8 Å². The highest BCUT2D eigenvalue weighted by molar-refractivity contribution is 6.15. The summed E-state index contributed by atoms with van der Waals surface area (Å²) in [5, 5.41) is 0. The highest BCUT2D eigenvalue weighted by Gasteiger charge is 2.34. The zero-order valence-corrected chi connectivity index (χ0v) is 13.7. The SMILES string of the molecule is CCC(C)(C)OOC(C)(CCN1C(=O)C=C(C)C1=O)OC. The van der Waals surface area contributed by atoms with Crippen LogP contribution in [0.3, 0.4) is 0 Å². The third-order valence-corrected chi connectivity index (χ3v) is 3.70. The number of carbonyl (C=O) groups is 2. The molecule has 120 valence electrons. The van der Waals surface area contributed by atoms with Crippen molar-refractivity contribution in [2.75, 3.05) is 13.7 Å². The first-order valence-electron chi connectivity index (χ1n) is 7.10. The average Bonchev–Trinajstić information content (AvgIpc) is 2.68. The van der Waals surface area contributed by atoms with Crippen LogP contribution in [0.1, 0.15) is 47.5 Å². The summed E-state index contributed by atoms with van der Waals surface area (Å²) in [4.78, 5) is 35.5. The number of imide groups is 1. The Kier molecular flexibility index (Phi) is 5.67. The van der Waals surface area contributed by atoms with Gasteiger partial charge in [-0.1, -0.05) is 6.92 Å². The monoisotopic (exact) mass is 299 g/mol. The normalized spacial score (nSPS) is 19.0. The lowest BCUT2D eigenvalue weighted by Crippen LogP contribution is -2.41. The van der Waals surface area contributed by atoms with Gasteiger partial charge in [0, 0.05) is 31.7 Å². The third-order valence-electron chi connectivity index (χ3n) is 3.70. The molecule has 1 aliphatic heterocycles. The Labute approximate surface area is 126 Å². The number of hydrogen-bond donors (Lipinski definition) is 0. The van der Waals surface area contributed by atoms with Crippen molar-refractivity contribution in [3.8, 4) is 0 Å². The van der Waals surface area contributed by atoms with Gasteiger partial charge in [-0.25, -0.2) is 9.78 Å². The number of amides is 2. The molecule has 1 heterocycles. The summed E-state index contributed by atoms with van der Waals surface area (Å²) in [6.07, 6.45) is 2.44. The Hall–Kier alpha value is -1.24. The van der Waals surface area contributed by atoms with Gasteiger partial charge in [0.25, 0.3) is 11.8 Å². The number of hydrogen-bond acceptors (Lipinski definition) is 5. The van der Waals surface area contributed by atoms with E-state index in [2.05, 4.69) is 0 Å². The van der Waals surface area contributed by atoms with Gasteiger partial charge in [-0.2, -0.15) is 0 Å². The predicted octanol–water partition coefficient (Wildman–Crippen LogP) is 2.19. The van der Waals surface area contributed by atoms with E-state index < -0.39 is 11.4 Å². The minimum absolute atomic E-state index is 0.214. The van der Waals surface area contributed by atoms with Gasteiger partial charge in [-0.15, -0.1) is 0 Å². The van der Waals surface area contributed by atoms with Crippen LogP contribution < -0.4 is 0 Å². The molecular formula is C15H25NO5. The van der Waals surface area contributed by atoms with Gasteiger partial charge < -0.3 is 4.74 Å². The van der Waals surface area contributed by atoms with E-state index in [0.29, 0.717) is 12.0 Å². The van der Waals surface area contributed by atoms with Crippen LogP contribution in [0.25, 0.3) is 0 Å². The molecule has 0 radical (unpaired) electrons. The minimum atomic E-state index is -1.02. The van der Waals surface area contributed by atoms with Crippen molar-refractivity contribution >= 4 is 11.8 Å². The van der Waals surface area contributed by atoms with Crippen molar-refractivity contribution in [2.24, 2.45) is 0 Å². The van der Waals surface area contributed by atoms with Crippen LogP contribution in [-0.2, 0) is 24.1 Å². The lowest BCUT2D eigenvalue weighted by molar-refractivity contribution is -0.455. The summed E-state index contributed by atoms with van der Waals surface area (Å²) in [6.45, 7) is 9.35. The number of carbonyl (C=O) groups excluding carboxylic acids is 2. The van der Waals surface area contributed by atoms with Crippen molar-refractivity contribution in [1.29, 1.82) is 0 Å². The van der Waals surface area contributed by atoms with E-state index >= 15 is 0 Å². The molecule has 1 rings (SSSR count). The van der Waals surface area contributed by atoms with Crippen LogP contribution in [0.15, 0.2) is 11.6 Å². The first kappa shape index (κ1) is 17.8. The van der Waals surface area contributed by atoms with Crippen LogP contribution in [0.4, 0.5) is 0 Å². The van der Waals surface area contributed by atoms with Crippen LogP contribution in [0.5, 0.6) is 0 Å². The van der Waals surface area contributed by atoms with Crippen molar-refractivity contribution in [3.05, 3.63) is 11.6 Å². The fourth-order valence-corrected chi connectivity index (χ4v) is 1.60. The Morgan fingerprint density at radius 2 is 1.81 bits per heavy atom. The second kappa shape index (κ2) is 6.68. The van der Waals surface area contributed by atoms with Crippen LogP contribution >= 0.6 is 0 Å². The molecule has 0 aromatic carbocycles. The second-order valence-corrected chi connectivity index (χ2v) is 5.99. The zero-order valence-electron chi connectivity index (χ0n) is 13.7. The Morgan fingerprint density at radius 1 is 1.19 bits per heavy atom. The maximum atomic E-state index is 11.8. The molecule has 0 saturated carbocycles. The van der Waals surface area contributed by atoms with Crippen molar-refractivity contribution in [2.45, 2.75) is 58.8 Å². The fourth-order valence-electron chi connectivity index (χ4n) is 1.60. The lowest BCUT2D eigenvalue weighted by Gasteiger charge is -2.32. The molecule has 0 N–H and O–H groups in total. The largest absolute Gasteiger partial charge is 0.351 e. The Morgan fingerprint density at radius 3 is 2.24 bits per heavy atom. The molecule has 0 fully saturated rings. The van der Waals surface area contributed by atoms with Crippen LogP contribution in [0, 0.1) is 0 Å². The standard InChI is InChI=1S/C15H25NO5/c1-7-14(3,4)20-21-15(5,19-6)8-9-16-12(17)10-11(2)13(16)18/h10H,7-9H2,1-6H3. The van der Waals surface area contributed by atoms with Gasteiger partial charge in [-0.05, 0) is 34.1 Å². The van der Waals surface area contributed by atoms with E-state index in [-0.39, 0.29) is 18.4 Å². The fraction of sp³-hybridized carbons (Fsp3) is 0.733. The van der Waals surface area contributed by atoms with Gasteiger partial charge in [0.2, 0.25) is 0 Å². The molecule has 2 amide bonds. The second-order valence-electron chi connectivity index (χ2n) is 5.99. The lowest BCUT2D eigenvalue weighted by atomic mass is 10.1. The summed E-state index contributed by atoms with van der Waals surface area (Å²) < 4.78 is 5.32. The van der Waals surface area contributed by atoms with Crippen LogP contribution in [-0.4, -0.2) is 41.8 Å². The molecule has 0 aromatic rings. The maximum Gasteiger partial charge on any atom is 0.256 e. The quantitative estimate of drug-likeness (QED) is 0.297. The van der Waals surface area contributed by atoms with Gasteiger partial charge >= 0.3 is 0 Å². The predicted molar refractivity (Wildman–Crippen MR) is 77.0 cm³/mol. The molecule has 0 spiro atoms. The van der Waals surface area contributed by atoms with E-state index in [9.17, 15) is 9.59 Å². The summed E-state index contributed by atoms with van der Waals surface area (Å²) in [5.41, 5.74) is 0.0143. The van der Waals surface area contributed by atoms with Gasteiger partial charge in [0.15, 0.2) is 5.79 Å². The first-order valence-corrected chi connectivity index (χ1v) is 7.10. The smallest absolute Gasteiger partial charge is 0.256 e. The van der Waals surface area contributed by atoms with E-state index in [1.54, 1.807) is 13.8 Å². The minimum Gasteiger partial charge on any atom is -0.351 e. The molecule has 6 nitrogen and oxygen atoms in total. The van der Waals surface area contributed by atoms with Gasteiger partial charge in [-0.3, -0.25) is 14.5 Å². The molecule has 1 unspecified atom stereocenters. The summed E-state index contributed by atoms with van der Waals surface area (Å²) in [7, 11) is 1.50. The van der Waals surface area contributed by atoms with Crippen molar-refractivity contribution in [1.82, 2.24) is 4.90 Å². The average molecular weight is 299 g/mol. The maximum absolute atomic E-state index is 11.8. The van der Waals surface area contributed by atoms with E-state index in [4.69, 9.17) is 14.5 Å². The molecule has 21 heavy (non-hydrogen) atoms. The van der Waals surface area contributed by atoms with Crippen LogP contribution in [0.2, 0.25) is 0 Å². The highest BCUT2D eigenvalue weighted by atomic mass is 17.2. The number of rotatable bonds is 8. The van der Waals surface area contributed by atoms with E-state index in [1.165, 1.54) is 18.1 Å². The Balaban J connectivity index is 2.58. The Bertz CT molecular complexity index is 443. The summed E-state index contributed by atoms with van der Waals surface area (Å²) in [6, 6.07) is 0. The summed E-state index contributed by atoms with van der Waals surface area (Å²) >= 11 is 0. The molecular weight excluding hydrogens is 274 g/mol. The molecule has 1 atom stereocenters. The van der Waals surface area contributed by atoms with E-state index in [0.717, 1.165) is 6.42 Å². The molecule has 0 saturated heterocycles. The van der Waals surface area contributed by atoms with Gasteiger partial charge in [0.05, 0.1) is 5.60 Å². The van der Waals surface area contributed by atoms with Gasteiger partial charge in [0.1, 0.15) is 0 Å². The van der Waals surface area contributed by atoms with Crippen molar-refractivity contribution in [3.63, 3.8) is 0 Å². The zero-order chi connectivity index (χ0) is 16.3. The highest BCUT2D eigenvalue weighted by Crippen LogP contribution is 2.24. The number of ether oxygens (including phenoxy) is 1. The first-order chi connectivity index (χ1) is 9.64. The molecule has 1 aliphatic rings.